The highest BCUT2D eigenvalue weighted by Crippen LogP contribution is 2.21. The summed E-state index contributed by atoms with van der Waals surface area (Å²) in [6, 6.07) is 15.0. The van der Waals surface area contributed by atoms with E-state index in [1.807, 2.05) is 12.4 Å². The van der Waals surface area contributed by atoms with E-state index in [9.17, 15) is 0 Å². The largest absolute Gasteiger partial charge is 0.265 e. The molecule has 0 aliphatic heterocycles. The van der Waals surface area contributed by atoms with Crippen LogP contribution in [0.25, 0.3) is 0 Å². The van der Waals surface area contributed by atoms with E-state index < -0.39 is 0 Å². The van der Waals surface area contributed by atoms with E-state index >= 15 is 0 Å². The molecule has 2 rings (SSSR count). The molecule has 1 heteroatoms. The van der Waals surface area contributed by atoms with E-state index in [1.165, 1.54) is 43.2 Å². The lowest BCUT2D eigenvalue weighted by Crippen LogP contribution is -1.94. The summed E-state index contributed by atoms with van der Waals surface area (Å²) in [5, 5.41) is 0. The number of pyridine rings is 1. The summed E-state index contributed by atoms with van der Waals surface area (Å²) >= 11 is 0. The van der Waals surface area contributed by atoms with Gasteiger partial charge in [-0.3, -0.25) is 4.98 Å². The Hall–Kier alpha value is -1.63. The van der Waals surface area contributed by atoms with Crippen molar-refractivity contribution in [1.29, 1.82) is 0 Å². The van der Waals surface area contributed by atoms with Crippen LogP contribution in [0.1, 0.15) is 49.7 Å². The van der Waals surface area contributed by atoms with Gasteiger partial charge in [0.05, 0.1) is 0 Å². The van der Waals surface area contributed by atoms with Crippen LogP contribution in [0.4, 0.5) is 0 Å². The molecule has 0 amide bonds. The minimum absolute atomic E-state index is 0.653. The maximum absolute atomic E-state index is 4.07. The van der Waals surface area contributed by atoms with Crippen LogP contribution in [0, 0.1) is 0 Å². The van der Waals surface area contributed by atoms with Crippen molar-refractivity contribution in [2.45, 2.75) is 44.9 Å². The summed E-state index contributed by atoms with van der Waals surface area (Å²) in [5.74, 6) is 0.653. The molecule has 0 aliphatic rings. The Labute approximate surface area is 116 Å². The highest BCUT2D eigenvalue weighted by molar-refractivity contribution is 5.15. The third-order valence-corrected chi connectivity index (χ3v) is 3.72. The summed E-state index contributed by atoms with van der Waals surface area (Å²) in [4.78, 5) is 4.07. The van der Waals surface area contributed by atoms with E-state index in [0.29, 0.717) is 5.92 Å². The van der Waals surface area contributed by atoms with Crippen molar-refractivity contribution in [1.82, 2.24) is 4.98 Å². The van der Waals surface area contributed by atoms with Crippen LogP contribution in [0.3, 0.4) is 0 Å². The molecule has 1 atom stereocenters. The first-order valence-electron chi connectivity index (χ1n) is 7.30. The fourth-order valence-electron chi connectivity index (χ4n) is 2.46. The van der Waals surface area contributed by atoms with Gasteiger partial charge in [0.2, 0.25) is 0 Å². The van der Waals surface area contributed by atoms with Crippen LogP contribution in [0.2, 0.25) is 0 Å². The molecular formula is C18H23N. The zero-order chi connectivity index (χ0) is 13.3. The van der Waals surface area contributed by atoms with Crippen molar-refractivity contribution in [2.75, 3.05) is 0 Å². The van der Waals surface area contributed by atoms with Gasteiger partial charge in [-0.05, 0) is 48.4 Å². The highest BCUT2D eigenvalue weighted by atomic mass is 14.6. The van der Waals surface area contributed by atoms with Crippen LogP contribution in [-0.4, -0.2) is 4.98 Å². The Balaban J connectivity index is 1.62. The number of benzene rings is 1. The second-order valence-corrected chi connectivity index (χ2v) is 5.27. The Bertz CT molecular complexity index is 450. The molecule has 0 spiro atoms. The Morgan fingerprint density at radius 2 is 1.63 bits per heavy atom. The lowest BCUT2D eigenvalue weighted by molar-refractivity contribution is 0.584. The van der Waals surface area contributed by atoms with Crippen molar-refractivity contribution in [3.63, 3.8) is 0 Å². The van der Waals surface area contributed by atoms with Crippen LogP contribution in [0.15, 0.2) is 54.9 Å². The molecule has 100 valence electrons. The molecule has 1 aromatic heterocycles. The topological polar surface area (TPSA) is 12.9 Å². The zero-order valence-electron chi connectivity index (χ0n) is 11.8. The smallest absolute Gasteiger partial charge is 0.0270 e. The van der Waals surface area contributed by atoms with Crippen molar-refractivity contribution >= 4 is 0 Å². The molecule has 1 aromatic carbocycles. The van der Waals surface area contributed by atoms with Gasteiger partial charge in [-0.25, -0.2) is 0 Å². The molecule has 2 aromatic rings. The Morgan fingerprint density at radius 1 is 0.895 bits per heavy atom. The minimum atomic E-state index is 0.653. The predicted molar refractivity (Wildman–Crippen MR) is 81.3 cm³/mol. The van der Waals surface area contributed by atoms with Crippen LogP contribution >= 0.6 is 0 Å². The summed E-state index contributed by atoms with van der Waals surface area (Å²) < 4.78 is 0. The number of aromatic nitrogens is 1. The minimum Gasteiger partial charge on any atom is -0.265 e. The van der Waals surface area contributed by atoms with Crippen LogP contribution in [0.5, 0.6) is 0 Å². The second kappa shape index (κ2) is 7.73. The van der Waals surface area contributed by atoms with Gasteiger partial charge < -0.3 is 0 Å². The van der Waals surface area contributed by atoms with Gasteiger partial charge in [0.1, 0.15) is 0 Å². The van der Waals surface area contributed by atoms with E-state index in [2.05, 4.69) is 54.4 Å². The van der Waals surface area contributed by atoms with Crippen LogP contribution in [-0.2, 0) is 6.42 Å². The summed E-state index contributed by atoms with van der Waals surface area (Å²) in [6.07, 6.45) is 10.2. The molecule has 0 N–H and O–H groups in total. The first-order chi connectivity index (χ1) is 9.36. The quantitative estimate of drug-likeness (QED) is 0.634. The monoisotopic (exact) mass is 253 g/mol. The number of hydrogen-bond donors (Lipinski definition) is 0. The van der Waals surface area contributed by atoms with Gasteiger partial charge in [0.25, 0.3) is 0 Å². The number of rotatable bonds is 7. The summed E-state index contributed by atoms with van der Waals surface area (Å²) in [6.45, 7) is 2.31. The van der Waals surface area contributed by atoms with Gasteiger partial charge >= 0.3 is 0 Å². The Morgan fingerprint density at radius 3 is 2.37 bits per heavy atom. The van der Waals surface area contributed by atoms with Crippen molar-refractivity contribution in [3.05, 3.63) is 66.0 Å². The highest BCUT2D eigenvalue weighted by Gasteiger charge is 2.04. The second-order valence-electron chi connectivity index (χ2n) is 5.27. The molecule has 1 unspecified atom stereocenters. The fourth-order valence-corrected chi connectivity index (χ4v) is 2.46. The first-order valence-corrected chi connectivity index (χ1v) is 7.30. The zero-order valence-corrected chi connectivity index (χ0v) is 11.8. The molecule has 0 saturated heterocycles. The van der Waals surface area contributed by atoms with E-state index in [1.54, 1.807) is 0 Å². The maximum Gasteiger partial charge on any atom is 0.0270 e. The summed E-state index contributed by atoms with van der Waals surface area (Å²) in [7, 11) is 0. The van der Waals surface area contributed by atoms with Crippen molar-refractivity contribution in [3.8, 4) is 0 Å². The number of nitrogens with zero attached hydrogens (tertiary/aromatic N) is 1. The van der Waals surface area contributed by atoms with E-state index in [0.717, 1.165) is 0 Å². The lowest BCUT2D eigenvalue weighted by Gasteiger charge is -2.11. The van der Waals surface area contributed by atoms with Crippen molar-refractivity contribution < 1.29 is 0 Å². The molecule has 0 saturated carbocycles. The SMILES string of the molecule is CC(CCCCCc1ccccc1)c1ccncc1. The summed E-state index contributed by atoms with van der Waals surface area (Å²) in [5.41, 5.74) is 2.88. The first kappa shape index (κ1) is 13.8. The standard InChI is InChI=1S/C18H23N/c1-16(18-12-14-19-15-13-18)8-4-2-5-9-17-10-6-3-7-11-17/h3,6-7,10-16H,2,4-5,8-9H2,1H3. The lowest BCUT2D eigenvalue weighted by atomic mass is 9.95. The molecule has 0 bridgehead atoms. The van der Waals surface area contributed by atoms with E-state index in [-0.39, 0.29) is 0 Å². The van der Waals surface area contributed by atoms with Gasteiger partial charge in [-0.1, -0.05) is 50.1 Å². The molecule has 1 nitrogen and oxygen atoms in total. The van der Waals surface area contributed by atoms with E-state index in [4.69, 9.17) is 0 Å². The molecule has 0 radical (unpaired) electrons. The number of unbranched alkanes of at least 4 members (excludes halogenated alkanes) is 2. The molecular weight excluding hydrogens is 230 g/mol. The van der Waals surface area contributed by atoms with Gasteiger partial charge in [-0.2, -0.15) is 0 Å². The normalized spacial score (nSPS) is 12.3. The van der Waals surface area contributed by atoms with Crippen LogP contribution < -0.4 is 0 Å². The third-order valence-electron chi connectivity index (χ3n) is 3.72. The molecule has 19 heavy (non-hydrogen) atoms. The molecule has 0 aliphatic carbocycles. The maximum atomic E-state index is 4.07. The average Bonchev–Trinajstić information content (AvgIpc) is 2.49. The van der Waals surface area contributed by atoms with Gasteiger partial charge in [0, 0.05) is 12.4 Å². The van der Waals surface area contributed by atoms with Gasteiger partial charge in [0.15, 0.2) is 0 Å². The third kappa shape index (κ3) is 4.86. The molecule has 0 fully saturated rings. The van der Waals surface area contributed by atoms with Crippen molar-refractivity contribution in [2.24, 2.45) is 0 Å². The predicted octanol–water partition coefficient (Wildman–Crippen LogP) is 4.99. The van der Waals surface area contributed by atoms with Gasteiger partial charge in [-0.15, -0.1) is 0 Å². The fraction of sp³-hybridized carbons (Fsp3) is 0.389. The number of hydrogen-bond acceptors (Lipinski definition) is 1. The molecule has 1 heterocycles. The number of aryl methyl sites for hydroxylation is 1. The Kier molecular flexibility index (Phi) is 5.61. The average molecular weight is 253 g/mol.